The second-order valence-electron chi connectivity index (χ2n) is 7.53. The van der Waals surface area contributed by atoms with Crippen LogP contribution in [0.1, 0.15) is 39.2 Å². The van der Waals surface area contributed by atoms with Gasteiger partial charge >= 0.3 is 0 Å². The molecular weight excluding hydrogens is 428 g/mol. The topological polar surface area (TPSA) is 189 Å². The molecule has 11 nitrogen and oxygen atoms in total. The van der Waals surface area contributed by atoms with Gasteiger partial charge in [-0.05, 0) is 36.6 Å². The molecule has 0 spiro atoms. The molecule has 0 radical (unpaired) electrons. The van der Waals surface area contributed by atoms with E-state index in [1.165, 1.54) is 12.8 Å². The number of amides is 4. The number of carbonyl (C=O) groups excluding carboxylic acids is 4. The first-order chi connectivity index (χ1) is 15.7. The summed E-state index contributed by atoms with van der Waals surface area (Å²) in [5.74, 6) is -2.20. The third-order valence-corrected chi connectivity index (χ3v) is 4.30. The van der Waals surface area contributed by atoms with Gasteiger partial charge in [0.15, 0.2) is 0 Å². The highest BCUT2D eigenvalue weighted by molar-refractivity contribution is 5.96. The molecule has 0 saturated carbocycles. The minimum atomic E-state index is -0.862. The molecule has 1 atom stereocenters. The molecule has 186 valence electrons. The van der Waals surface area contributed by atoms with Crippen molar-refractivity contribution in [2.24, 2.45) is 17.4 Å². The van der Waals surface area contributed by atoms with Crippen LogP contribution < -0.4 is 32.7 Å². The molecule has 0 saturated heterocycles. The van der Waals surface area contributed by atoms with Crippen molar-refractivity contribution in [3.63, 3.8) is 0 Å². The minimum Gasteiger partial charge on any atom is -0.392 e. The molecular formula is C22H38N6O5. The summed E-state index contributed by atoms with van der Waals surface area (Å²) in [5, 5.41) is 18.9. The number of nitrogens with two attached hydrogens (primary N) is 2. The van der Waals surface area contributed by atoms with Crippen LogP contribution in [-0.4, -0.2) is 61.0 Å². The number of carbonyl (C=O) groups is 4. The molecule has 1 aromatic carbocycles. The Morgan fingerprint density at radius 2 is 1.55 bits per heavy atom. The van der Waals surface area contributed by atoms with Gasteiger partial charge in [-0.25, -0.2) is 0 Å². The number of benzene rings is 1. The highest BCUT2D eigenvalue weighted by Gasteiger charge is 2.24. The Morgan fingerprint density at radius 1 is 0.939 bits per heavy atom. The molecule has 9 N–H and O–H groups in total. The second kappa shape index (κ2) is 17.5. The van der Waals surface area contributed by atoms with E-state index >= 15 is 0 Å². The first-order valence-electron chi connectivity index (χ1n) is 10.9. The van der Waals surface area contributed by atoms with Crippen molar-refractivity contribution >= 4 is 29.3 Å². The zero-order valence-corrected chi connectivity index (χ0v) is 19.6. The summed E-state index contributed by atoms with van der Waals surface area (Å²) in [6.45, 7) is 5.56. The van der Waals surface area contributed by atoms with Crippen LogP contribution in [0, 0.1) is 5.92 Å². The number of rotatable bonds is 12. The molecule has 1 rings (SSSR count). The molecule has 33 heavy (non-hydrogen) atoms. The number of aliphatic hydroxyl groups is 1. The first kappa shape index (κ1) is 30.0. The molecule has 4 amide bonds. The van der Waals surface area contributed by atoms with Gasteiger partial charge in [0.25, 0.3) is 0 Å². The summed E-state index contributed by atoms with van der Waals surface area (Å²) in [6.07, 6.45) is 2.39. The first-order valence-corrected chi connectivity index (χ1v) is 10.9. The molecule has 0 aliphatic rings. The Labute approximate surface area is 195 Å². The van der Waals surface area contributed by atoms with Crippen molar-refractivity contribution in [1.82, 2.24) is 16.0 Å². The van der Waals surface area contributed by atoms with Crippen LogP contribution in [0.25, 0.3) is 0 Å². The van der Waals surface area contributed by atoms with Crippen molar-refractivity contribution in [2.75, 3.05) is 31.5 Å². The van der Waals surface area contributed by atoms with Gasteiger partial charge in [-0.2, -0.15) is 0 Å². The summed E-state index contributed by atoms with van der Waals surface area (Å²) < 4.78 is 0. The van der Waals surface area contributed by atoms with Gasteiger partial charge in [-0.3, -0.25) is 19.2 Å². The van der Waals surface area contributed by atoms with Crippen LogP contribution >= 0.6 is 0 Å². The Morgan fingerprint density at radius 3 is 2.00 bits per heavy atom. The third kappa shape index (κ3) is 13.9. The number of hydrogen-bond acceptors (Lipinski definition) is 7. The predicted octanol–water partition coefficient (Wildman–Crippen LogP) is -0.805. The zero-order valence-electron chi connectivity index (χ0n) is 19.6. The summed E-state index contributed by atoms with van der Waals surface area (Å²) >= 11 is 0. The fourth-order valence-electron chi connectivity index (χ4n) is 2.39. The van der Waals surface area contributed by atoms with Crippen LogP contribution in [0.4, 0.5) is 5.69 Å². The van der Waals surface area contributed by atoms with E-state index < -0.39 is 29.7 Å². The lowest BCUT2D eigenvalue weighted by Gasteiger charge is -2.21. The van der Waals surface area contributed by atoms with Crippen LogP contribution in [0.2, 0.25) is 0 Å². The predicted molar refractivity (Wildman–Crippen MR) is 127 cm³/mol. The van der Waals surface area contributed by atoms with Crippen molar-refractivity contribution in [2.45, 2.75) is 46.3 Å². The monoisotopic (exact) mass is 466 g/mol. The molecule has 0 bridgehead atoms. The highest BCUT2D eigenvalue weighted by atomic mass is 16.3. The highest BCUT2D eigenvalue weighted by Crippen LogP contribution is 2.09. The zero-order chi connectivity index (χ0) is 25.2. The van der Waals surface area contributed by atoms with Gasteiger partial charge in [-0.15, -0.1) is 0 Å². The maximum absolute atomic E-state index is 12.3. The SMILES string of the molecule is CC(C)C(NC(=O)CNC(=O)CN)C(=O)NCC(=O)Nc1ccc(CO)cc1.CCCCN. The van der Waals surface area contributed by atoms with Crippen molar-refractivity contribution in [3.8, 4) is 0 Å². The minimum absolute atomic E-state index is 0.0947. The fraction of sp³-hybridized carbons (Fsp3) is 0.545. The molecule has 11 heteroatoms. The maximum Gasteiger partial charge on any atom is 0.243 e. The molecule has 1 unspecified atom stereocenters. The molecule has 0 aliphatic carbocycles. The molecule has 1 aromatic rings. The van der Waals surface area contributed by atoms with E-state index in [1.807, 2.05) is 0 Å². The summed E-state index contributed by atoms with van der Waals surface area (Å²) in [6, 6.07) is 5.75. The van der Waals surface area contributed by atoms with E-state index in [4.69, 9.17) is 16.6 Å². The second-order valence-corrected chi connectivity index (χ2v) is 7.53. The maximum atomic E-state index is 12.3. The lowest BCUT2D eigenvalue weighted by molar-refractivity contribution is -0.131. The molecule has 0 heterocycles. The third-order valence-electron chi connectivity index (χ3n) is 4.30. The lowest BCUT2D eigenvalue weighted by atomic mass is 10.0. The quantitative estimate of drug-likeness (QED) is 0.210. The Balaban J connectivity index is 0.00000184. The van der Waals surface area contributed by atoms with Crippen LogP contribution in [-0.2, 0) is 25.8 Å². The van der Waals surface area contributed by atoms with Gasteiger partial charge in [0.1, 0.15) is 6.04 Å². The Kier molecular flexibility index (Phi) is 15.9. The van der Waals surface area contributed by atoms with Crippen molar-refractivity contribution in [3.05, 3.63) is 29.8 Å². The Bertz CT molecular complexity index is 737. The van der Waals surface area contributed by atoms with E-state index in [2.05, 4.69) is 28.2 Å². The van der Waals surface area contributed by atoms with Gasteiger partial charge < -0.3 is 37.8 Å². The normalized spacial score (nSPS) is 11.0. The summed E-state index contributed by atoms with van der Waals surface area (Å²) in [5.41, 5.74) is 11.5. The fourth-order valence-corrected chi connectivity index (χ4v) is 2.39. The largest absolute Gasteiger partial charge is 0.392 e. The molecule has 0 fully saturated rings. The number of hydrogen-bond donors (Lipinski definition) is 7. The van der Waals surface area contributed by atoms with Gasteiger partial charge in [0.2, 0.25) is 23.6 Å². The average Bonchev–Trinajstić information content (AvgIpc) is 2.80. The summed E-state index contributed by atoms with van der Waals surface area (Å²) in [4.78, 5) is 47.2. The molecule has 0 aliphatic heterocycles. The lowest BCUT2D eigenvalue weighted by Crippen LogP contribution is -2.53. The van der Waals surface area contributed by atoms with Crippen LogP contribution in [0.5, 0.6) is 0 Å². The van der Waals surface area contributed by atoms with E-state index in [-0.39, 0.29) is 32.2 Å². The summed E-state index contributed by atoms with van der Waals surface area (Å²) in [7, 11) is 0. The van der Waals surface area contributed by atoms with Crippen molar-refractivity contribution < 1.29 is 24.3 Å². The van der Waals surface area contributed by atoms with E-state index in [0.29, 0.717) is 11.3 Å². The van der Waals surface area contributed by atoms with E-state index in [0.717, 1.165) is 6.54 Å². The standard InChI is InChI=1S/C18H27N5O5.C4H11N/c1-11(2)17(23-16(27)8-20-14(25)7-19)18(28)21-9-15(26)22-13-5-3-12(10-24)4-6-13;1-2-3-4-5/h3-6,11,17,24H,7-10,19H2,1-2H3,(H,20,25)(H,21,28)(H,22,26)(H,23,27);2-5H2,1H3. The molecule has 0 aromatic heterocycles. The average molecular weight is 467 g/mol. The number of nitrogens with one attached hydrogen (secondary N) is 4. The smallest absolute Gasteiger partial charge is 0.243 e. The van der Waals surface area contributed by atoms with Gasteiger partial charge in [-0.1, -0.05) is 39.3 Å². The number of unbranched alkanes of at least 4 members (excludes halogenated alkanes) is 1. The number of anilines is 1. The van der Waals surface area contributed by atoms with E-state index in [1.54, 1.807) is 38.1 Å². The van der Waals surface area contributed by atoms with Gasteiger partial charge in [0, 0.05) is 5.69 Å². The Hall–Kier alpha value is -3.02. The van der Waals surface area contributed by atoms with Crippen LogP contribution in [0.15, 0.2) is 24.3 Å². The van der Waals surface area contributed by atoms with Crippen LogP contribution in [0.3, 0.4) is 0 Å². The van der Waals surface area contributed by atoms with Gasteiger partial charge in [0.05, 0.1) is 26.2 Å². The number of aliphatic hydroxyl groups excluding tert-OH is 1. The van der Waals surface area contributed by atoms with E-state index in [9.17, 15) is 19.2 Å². The van der Waals surface area contributed by atoms with Crippen molar-refractivity contribution in [1.29, 1.82) is 0 Å².